The first-order valence-corrected chi connectivity index (χ1v) is 12.1. The molecule has 0 saturated heterocycles. The molecule has 4 aromatic carbocycles. The Bertz CT molecular complexity index is 1060. The topological polar surface area (TPSA) is 54.0 Å². The van der Waals surface area contributed by atoms with Crippen molar-refractivity contribution in [3.05, 3.63) is 149 Å². The fourth-order valence-corrected chi connectivity index (χ4v) is 3.81. The van der Waals surface area contributed by atoms with Gasteiger partial charge in [0, 0.05) is 11.1 Å². The smallest absolute Gasteiger partial charge is 0.0276 e. The molecule has 0 aliphatic heterocycles. The summed E-state index contributed by atoms with van der Waals surface area (Å²) >= 11 is 0. The van der Waals surface area contributed by atoms with Crippen molar-refractivity contribution in [1.82, 2.24) is 0 Å². The number of aryl methyl sites for hydroxylation is 4. The third-order valence-electron chi connectivity index (χ3n) is 5.78. The van der Waals surface area contributed by atoms with Crippen LogP contribution in [0.1, 0.15) is 55.8 Å². The Balaban J connectivity index is 0.000000243. The summed E-state index contributed by atoms with van der Waals surface area (Å²) in [7, 11) is 0. The van der Waals surface area contributed by atoms with Crippen LogP contribution in [0.25, 0.3) is 0 Å². The molecule has 0 aromatic heterocycles. The zero-order valence-corrected chi connectivity index (χ0v) is 20.5. The Morgan fingerprint density at radius 2 is 0.722 bits per heavy atom. The van der Waals surface area contributed by atoms with Gasteiger partial charge >= 0.3 is 11.3 Å². The van der Waals surface area contributed by atoms with Crippen LogP contribution in [0.15, 0.2) is 109 Å². The molecule has 0 aliphatic rings. The van der Waals surface area contributed by atoms with Crippen molar-refractivity contribution in [2.45, 2.75) is 38.5 Å². The number of hydrogen-bond acceptors (Lipinski definition) is 2. The summed E-state index contributed by atoms with van der Waals surface area (Å²) in [5.74, 6) is 0. The number of carbonyl (C=O) groups excluding carboxylic acids is 2. The predicted molar refractivity (Wildman–Crippen MR) is 145 cm³/mol. The number of carbonyl (C=O) groups is 2. The third kappa shape index (κ3) is 10.9. The van der Waals surface area contributed by atoms with Gasteiger partial charge in [-0.25, -0.2) is 0 Å². The van der Waals surface area contributed by atoms with E-state index in [0.29, 0.717) is 11.1 Å². The van der Waals surface area contributed by atoms with Crippen LogP contribution >= 0.6 is 0 Å². The second-order valence-corrected chi connectivity index (χ2v) is 8.40. The normalized spacial score (nSPS) is 9.61. The zero-order valence-electron chi connectivity index (χ0n) is 20.5. The molecule has 0 bridgehead atoms. The maximum Gasteiger partial charge on any atom is -0.0276 e. The van der Waals surface area contributed by atoms with Crippen molar-refractivity contribution >= 4 is 12.6 Å². The maximum atomic E-state index is 10.5. The minimum Gasteiger partial charge on any atom is -0.0622 e. The van der Waals surface area contributed by atoms with Crippen molar-refractivity contribution in [3.8, 4) is 0 Å². The summed E-state index contributed by atoms with van der Waals surface area (Å²) in [5.41, 5.74) is 6.80. The van der Waals surface area contributed by atoms with Crippen LogP contribution in [0.4, 0.5) is 0 Å². The molecule has 3 heteroatoms. The van der Waals surface area contributed by atoms with E-state index in [9.17, 15) is 9.59 Å². The Kier molecular flexibility index (Phi) is 13.6. The molecule has 0 radical (unpaired) electrons. The number of aldehydes is 2. The molecule has 36 heavy (non-hydrogen) atoms. The molecule has 4 aromatic rings. The monoisotopic (exact) mass is 476 g/mol. The minimum absolute atomic E-state index is 0.716. The standard InChI is InChI=1S/C17H16O2.C15H16.CO/c18-12-16-8-4-14(5-9-16)2-1-3-15-6-10-17(13-19)11-7-15;1-3-8-14(9-4-1)12-7-13-15-10-5-2-6-11-15;1-2/h4-13H,1-3H2;1-6,8-11H,7,12-13H2;. The molecular weight excluding hydrogens is 444 g/mol. The Morgan fingerprint density at radius 1 is 0.444 bits per heavy atom. The van der Waals surface area contributed by atoms with Gasteiger partial charge in [0.15, 0.2) is 0 Å². The van der Waals surface area contributed by atoms with E-state index >= 15 is 0 Å². The van der Waals surface area contributed by atoms with E-state index in [2.05, 4.69) is 67.3 Å². The van der Waals surface area contributed by atoms with Crippen LogP contribution in [0, 0.1) is 6.65 Å². The summed E-state index contributed by atoms with van der Waals surface area (Å²) in [6.07, 6.45) is 8.35. The van der Waals surface area contributed by atoms with Gasteiger partial charge in [0.25, 0.3) is 0 Å². The van der Waals surface area contributed by atoms with Crippen LogP contribution in [0.5, 0.6) is 0 Å². The quantitative estimate of drug-likeness (QED) is 0.137. The van der Waals surface area contributed by atoms with E-state index in [-0.39, 0.29) is 0 Å². The fourth-order valence-electron chi connectivity index (χ4n) is 3.81. The SMILES string of the molecule is O=Cc1ccc(CCCc2ccc(C=O)cc2)cc1.[C-]#[O+].c1ccc(CCCc2ccccc2)cc1. The molecule has 0 unspecified atom stereocenters. The zero-order chi connectivity index (χ0) is 25.8. The van der Waals surface area contributed by atoms with Gasteiger partial charge in [0.1, 0.15) is 12.6 Å². The van der Waals surface area contributed by atoms with E-state index in [0.717, 1.165) is 31.8 Å². The van der Waals surface area contributed by atoms with Crippen molar-refractivity contribution < 1.29 is 14.2 Å². The van der Waals surface area contributed by atoms with Gasteiger partial charge in [-0.1, -0.05) is 109 Å². The van der Waals surface area contributed by atoms with Gasteiger partial charge in [-0.3, -0.25) is 9.59 Å². The Labute approximate surface area is 214 Å². The molecule has 0 amide bonds. The molecule has 4 rings (SSSR count). The van der Waals surface area contributed by atoms with Crippen molar-refractivity contribution in [2.24, 2.45) is 0 Å². The summed E-state index contributed by atoms with van der Waals surface area (Å²) in [4.78, 5) is 21.1. The minimum atomic E-state index is 0.716. The molecule has 0 saturated carbocycles. The molecule has 0 atom stereocenters. The Hall–Kier alpha value is -4.04. The van der Waals surface area contributed by atoms with Crippen molar-refractivity contribution in [1.29, 1.82) is 0 Å². The van der Waals surface area contributed by atoms with Crippen LogP contribution in [0.3, 0.4) is 0 Å². The second kappa shape index (κ2) is 17.4. The van der Waals surface area contributed by atoms with Crippen LogP contribution in [-0.2, 0) is 30.3 Å². The first-order chi connectivity index (χ1) is 17.8. The Morgan fingerprint density at radius 3 is 1.00 bits per heavy atom. The molecule has 182 valence electrons. The van der Waals surface area contributed by atoms with Crippen molar-refractivity contribution in [3.63, 3.8) is 0 Å². The van der Waals surface area contributed by atoms with Crippen molar-refractivity contribution in [2.75, 3.05) is 0 Å². The van der Waals surface area contributed by atoms with Crippen LogP contribution in [0.2, 0.25) is 0 Å². The molecule has 0 spiro atoms. The molecule has 0 aliphatic carbocycles. The molecule has 0 fully saturated rings. The summed E-state index contributed by atoms with van der Waals surface area (Å²) in [6, 6.07) is 36.8. The second-order valence-electron chi connectivity index (χ2n) is 8.40. The number of hydrogen-bond donors (Lipinski definition) is 0. The van der Waals surface area contributed by atoms with Gasteiger partial charge < -0.3 is 0 Å². The summed E-state index contributed by atoms with van der Waals surface area (Å²) in [5, 5.41) is 0. The van der Waals surface area contributed by atoms with Gasteiger partial charge in [-0.15, -0.1) is 0 Å². The molecule has 0 heterocycles. The van der Waals surface area contributed by atoms with E-state index in [1.54, 1.807) is 0 Å². The van der Waals surface area contributed by atoms with Gasteiger partial charge in [0.05, 0.1) is 0 Å². The van der Waals surface area contributed by atoms with E-state index in [1.807, 2.05) is 48.5 Å². The van der Waals surface area contributed by atoms with Gasteiger partial charge in [-0.2, -0.15) is 0 Å². The molecular formula is C33H32O3. The van der Waals surface area contributed by atoms with E-state index < -0.39 is 0 Å². The van der Waals surface area contributed by atoms with Gasteiger partial charge in [-0.05, 0) is 60.8 Å². The average Bonchev–Trinajstić information content (AvgIpc) is 2.96. The largest absolute Gasteiger partial charge is 0.0622 e. The van der Waals surface area contributed by atoms with E-state index in [1.165, 1.54) is 41.5 Å². The van der Waals surface area contributed by atoms with E-state index in [4.69, 9.17) is 4.65 Å². The average molecular weight is 477 g/mol. The third-order valence-corrected chi connectivity index (χ3v) is 5.78. The van der Waals surface area contributed by atoms with Crippen LogP contribution < -0.4 is 0 Å². The van der Waals surface area contributed by atoms with Crippen LogP contribution in [-0.4, -0.2) is 12.6 Å². The molecule has 0 N–H and O–H groups in total. The summed E-state index contributed by atoms with van der Waals surface area (Å²) < 4.78 is 7.50. The number of benzene rings is 4. The summed E-state index contributed by atoms with van der Waals surface area (Å²) in [6.45, 7) is 4.50. The van der Waals surface area contributed by atoms with Gasteiger partial charge in [0.2, 0.25) is 0 Å². The molecule has 3 nitrogen and oxygen atoms in total. The first-order valence-electron chi connectivity index (χ1n) is 12.1. The maximum absolute atomic E-state index is 10.5. The predicted octanol–water partition coefficient (Wildman–Crippen LogP) is 7.31. The number of rotatable bonds is 10. The first kappa shape index (κ1) is 28.2. The fraction of sp³-hybridized carbons (Fsp3) is 0.182.